The van der Waals surface area contributed by atoms with E-state index in [4.69, 9.17) is 0 Å². The van der Waals surface area contributed by atoms with Gasteiger partial charge in [-0.1, -0.05) is 37.3 Å². The number of aliphatic hydroxyl groups excluding tert-OH is 1. The zero-order valence-electron chi connectivity index (χ0n) is 13.1. The molecule has 0 radical (unpaired) electrons. The molecule has 3 heteroatoms. The predicted octanol–water partition coefficient (Wildman–Crippen LogP) is 3.51. The molecule has 0 aliphatic heterocycles. The van der Waals surface area contributed by atoms with E-state index in [-0.39, 0.29) is 11.2 Å². The number of allylic oxidation sites excluding steroid dienone is 2. The molecule has 0 aliphatic rings. The van der Waals surface area contributed by atoms with Crippen molar-refractivity contribution in [2.45, 2.75) is 45.3 Å². The summed E-state index contributed by atoms with van der Waals surface area (Å²) in [7, 11) is 0. The lowest BCUT2D eigenvalue weighted by Crippen LogP contribution is -2.36. The highest BCUT2D eigenvalue weighted by Gasteiger charge is 2.27. The van der Waals surface area contributed by atoms with Crippen LogP contribution in [0.3, 0.4) is 0 Å². The molecule has 0 amide bonds. The Morgan fingerprint density at radius 3 is 2.24 bits per heavy atom. The molecule has 0 unspecified atom stereocenters. The predicted molar refractivity (Wildman–Crippen MR) is 87.0 cm³/mol. The topological polar surface area (TPSA) is 60.7 Å². The van der Waals surface area contributed by atoms with Gasteiger partial charge in [0.15, 0.2) is 0 Å². The highest BCUT2D eigenvalue weighted by molar-refractivity contribution is 5.51. The van der Waals surface area contributed by atoms with Crippen LogP contribution in [0.4, 0.5) is 0 Å². The van der Waals surface area contributed by atoms with Gasteiger partial charge in [0.2, 0.25) is 0 Å². The minimum Gasteiger partial charge on any atom is -0.508 e. The van der Waals surface area contributed by atoms with E-state index in [1.54, 1.807) is 26.0 Å². The summed E-state index contributed by atoms with van der Waals surface area (Å²) in [4.78, 5) is 0. The van der Waals surface area contributed by atoms with Gasteiger partial charge in [-0.15, -0.1) is 6.58 Å². The minimum atomic E-state index is -1.09. The molecule has 0 spiro atoms. The van der Waals surface area contributed by atoms with Gasteiger partial charge in [-0.3, -0.25) is 0 Å². The molecule has 0 bridgehead atoms. The Morgan fingerprint density at radius 1 is 1.19 bits per heavy atom. The Balaban J connectivity index is 2.71. The van der Waals surface area contributed by atoms with Gasteiger partial charge in [-0.25, -0.2) is 0 Å². The summed E-state index contributed by atoms with van der Waals surface area (Å²) >= 11 is 0. The quantitative estimate of drug-likeness (QED) is 0.673. The third-order valence-corrected chi connectivity index (χ3v) is 3.79. The first-order valence-corrected chi connectivity index (χ1v) is 7.18. The Labute approximate surface area is 127 Å². The van der Waals surface area contributed by atoms with Crippen LogP contribution in [0.5, 0.6) is 5.75 Å². The van der Waals surface area contributed by atoms with Crippen LogP contribution in [-0.4, -0.2) is 27.0 Å². The van der Waals surface area contributed by atoms with Gasteiger partial charge < -0.3 is 15.3 Å². The average molecular weight is 290 g/mol. The van der Waals surface area contributed by atoms with Gasteiger partial charge >= 0.3 is 0 Å². The fourth-order valence-electron chi connectivity index (χ4n) is 1.93. The molecule has 0 saturated carbocycles. The second-order valence-electron chi connectivity index (χ2n) is 6.34. The van der Waals surface area contributed by atoms with E-state index in [1.807, 2.05) is 37.3 Å². The fourth-order valence-corrected chi connectivity index (χ4v) is 1.93. The number of rotatable bonds is 7. The number of hydrogen-bond donors (Lipinski definition) is 3. The first-order chi connectivity index (χ1) is 9.66. The summed E-state index contributed by atoms with van der Waals surface area (Å²) in [6, 6.07) is 6.95. The van der Waals surface area contributed by atoms with Crippen LogP contribution in [-0.2, 0) is 0 Å². The van der Waals surface area contributed by atoms with Crippen molar-refractivity contribution in [1.82, 2.24) is 0 Å². The van der Waals surface area contributed by atoms with Crippen molar-refractivity contribution in [1.29, 1.82) is 0 Å². The largest absolute Gasteiger partial charge is 0.508 e. The highest BCUT2D eigenvalue weighted by Crippen LogP contribution is 2.30. The Hall–Kier alpha value is -1.58. The average Bonchev–Trinajstić information content (AvgIpc) is 2.43. The number of benzene rings is 1. The number of phenolic OH excluding ortho intramolecular Hbond substituents is 1. The molecule has 1 aromatic rings. The molecule has 0 heterocycles. The van der Waals surface area contributed by atoms with E-state index in [0.29, 0.717) is 12.8 Å². The summed E-state index contributed by atoms with van der Waals surface area (Å²) in [5, 5.41) is 29.0. The molecule has 116 valence electrons. The number of phenols is 1. The molecule has 3 nitrogen and oxygen atoms in total. The minimum absolute atomic E-state index is 0.243. The summed E-state index contributed by atoms with van der Waals surface area (Å²) < 4.78 is 0. The zero-order chi connectivity index (χ0) is 16.1. The second-order valence-corrected chi connectivity index (χ2v) is 6.34. The van der Waals surface area contributed by atoms with Gasteiger partial charge in [-0.2, -0.15) is 0 Å². The molecule has 0 fully saturated rings. The molecule has 21 heavy (non-hydrogen) atoms. The van der Waals surface area contributed by atoms with Crippen LogP contribution >= 0.6 is 0 Å². The Bertz CT molecular complexity index is 482. The molecule has 1 rings (SSSR count). The molecule has 1 aromatic carbocycles. The zero-order valence-corrected chi connectivity index (χ0v) is 13.1. The molecule has 2 atom stereocenters. The molecular formula is C18H26O3. The van der Waals surface area contributed by atoms with Crippen LogP contribution in [0.1, 0.15) is 39.2 Å². The summed E-state index contributed by atoms with van der Waals surface area (Å²) in [6.07, 6.45) is 6.27. The normalized spacial score (nSPS) is 16.6. The lowest BCUT2D eigenvalue weighted by molar-refractivity contribution is -0.0539. The Kier molecular flexibility index (Phi) is 5.76. The number of hydrogen-bond acceptors (Lipinski definition) is 3. The van der Waals surface area contributed by atoms with E-state index in [1.165, 1.54) is 0 Å². The lowest BCUT2D eigenvalue weighted by Gasteiger charge is -2.28. The van der Waals surface area contributed by atoms with Gasteiger partial charge in [0.1, 0.15) is 5.75 Å². The summed E-state index contributed by atoms with van der Waals surface area (Å²) in [6.45, 7) is 9.11. The monoisotopic (exact) mass is 290 g/mol. The van der Waals surface area contributed by atoms with Crippen LogP contribution in [0.25, 0.3) is 6.08 Å². The number of aromatic hydroxyl groups is 1. The SMILES string of the molecule is C=C[C@@](C)(C=Cc1ccc(O)cc1)CC[C@@H](O)C(C)(C)O. The van der Waals surface area contributed by atoms with Crippen LogP contribution in [0, 0.1) is 5.41 Å². The van der Waals surface area contributed by atoms with Crippen molar-refractivity contribution in [2.75, 3.05) is 0 Å². The van der Waals surface area contributed by atoms with Crippen molar-refractivity contribution in [3.63, 3.8) is 0 Å². The van der Waals surface area contributed by atoms with Crippen LogP contribution in [0.2, 0.25) is 0 Å². The maximum atomic E-state index is 9.92. The maximum Gasteiger partial charge on any atom is 0.115 e. The van der Waals surface area contributed by atoms with Crippen molar-refractivity contribution in [3.8, 4) is 5.75 Å². The van der Waals surface area contributed by atoms with Crippen LogP contribution < -0.4 is 0 Å². The maximum absolute atomic E-state index is 9.92. The van der Waals surface area contributed by atoms with E-state index < -0.39 is 11.7 Å². The summed E-state index contributed by atoms with van der Waals surface area (Å²) in [5.41, 5.74) is -0.365. The summed E-state index contributed by atoms with van der Waals surface area (Å²) in [5.74, 6) is 0.243. The van der Waals surface area contributed by atoms with E-state index in [0.717, 1.165) is 5.56 Å². The molecule has 3 N–H and O–H groups in total. The molecule has 0 aromatic heterocycles. The standard InChI is InChI=1S/C18H26O3/c1-5-18(4,13-11-16(20)17(2,3)21)12-10-14-6-8-15(19)9-7-14/h5-10,12,16,19-21H,1,11,13H2,2-4H3/t16-,18+/m1/s1. The van der Waals surface area contributed by atoms with Crippen molar-refractivity contribution < 1.29 is 15.3 Å². The lowest BCUT2D eigenvalue weighted by atomic mass is 9.82. The second kappa shape index (κ2) is 6.92. The van der Waals surface area contributed by atoms with Gasteiger partial charge in [0, 0.05) is 5.41 Å². The first kappa shape index (κ1) is 17.5. The van der Waals surface area contributed by atoms with Gasteiger partial charge in [0.05, 0.1) is 11.7 Å². The fraction of sp³-hybridized carbons (Fsp3) is 0.444. The van der Waals surface area contributed by atoms with Gasteiger partial charge in [-0.05, 0) is 44.4 Å². The molecular weight excluding hydrogens is 264 g/mol. The smallest absolute Gasteiger partial charge is 0.115 e. The third-order valence-electron chi connectivity index (χ3n) is 3.79. The van der Waals surface area contributed by atoms with Crippen LogP contribution in [0.15, 0.2) is 43.0 Å². The van der Waals surface area contributed by atoms with Crippen molar-refractivity contribution in [3.05, 3.63) is 48.6 Å². The third kappa shape index (κ3) is 5.74. The number of aliphatic hydroxyl groups is 2. The van der Waals surface area contributed by atoms with E-state index >= 15 is 0 Å². The molecule has 0 saturated heterocycles. The van der Waals surface area contributed by atoms with Gasteiger partial charge in [0.25, 0.3) is 0 Å². The van der Waals surface area contributed by atoms with E-state index in [9.17, 15) is 15.3 Å². The molecule has 0 aliphatic carbocycles. The highest BCUT2D eigenvalue weighted by atomic mass is 16.3. The Morgan fingerprint density at radius 2 is 1.76 bits per heavy atom. The van der Waals surface area contributed by atoms with E-state index in [2.05, 4.69) is 6.58 Å². The van der Waals surface area contributed by atoms with Crippen molar-refractivity contribution >= 4 is 6.08 Å². The first-order valence-electron chi connectivity index (χ1n) is 7.18. The van der Waals surface area contributed by atoms with Crippen molar-refractivity contribution in [2.24, 2.45) is 5.41 Å².